The monoisotopic (exact) mass is 268 g/mol. The van der Waals surface area contributed by atoms with E-state index in [1.807, 2.05) is 0 Å². The van der Waals surface area contributed by atoms with Crippen molar-refractivity contribution >= 4 is 12.4 Å². The van der Waals surface area contributed by atoms with Crippen LogP contribution in [0.1, 0.15) is 31.7 Å². The summed E-state index contributed by atoms with van der Waals surface area (Å²) in [7, 11) is 0. The third-order valence-electron chi connectivity index (χ3n) is 3.80. The number of likely N-dealkylation sites (tertiary alicyclic amines) is 1. The molecule has 1 fully saturated rings. The molecular formula is C15H25ClN2. The summed E-state index contributed by atoms with van der Waals surface area (Å²) in [5.41, 5.74) is 7.52. The van der Waals surface area contributed by atoms with Crippen LogP contribution in [0, 0.1) is 0 Å². The number of rotatable bonds is 4. The Bertz CT molecular complexity index is 327. The average Bonchev–Trinajstić information content (AvgIpc) is 2.38. The Morgan fingerprint density at radius 2 is 2.00 bits per heavy atom. The van der Waals surface area contributed by atoms with Crippen LogP contribution in [0.5, 0.6) is 0 Å². The highest BCUT2D eigenvalue weighted by Gasteiger charge is 2.24. The van der Waals surface area contributed by atoms with E-state index in [1.54, 1.807) is 0 Å². The lowest BCUT2D eigenvalue weighted by molar-refractivity contribution is 0.132. The van der Waals surface area contributed by atoms with E-state index in [0.717, 1.165) is 13.0 Å². The quantitative estimate of drug-likeness (QED) is 0.910. The van der Waals surface area contributed by atoms with Crippen molar-refractivity contribution in [3.05, 3.63) is 35.9 Å². The summed E-state index contributed by atoms with van der Waals surface area (Å²) in [6, 6.07) is 11.6. The molecule has 2 N–H and O–H groups in total. The summed E-state index contributed by atoms with van der Waals surface area (Å²) in [6.07, 6.45) is 5.09. The van der Waals surface area contributed by atoms with Gasteiger partial charge in [0.1, 0.15) is 0 Å². The Kier molecular flexibility index (Phi) is 6.69. The summed E-state index contributed by atoms with van der Waals surface area (Å²) in [5.74, 6) is 0. The first-order valence-corrected chi connectivity index (χ1v) is 6.81. The van der Waals surface area contributed by atoms with Crippen molar-refractivity contribution in [2.24, 2.45) is 5.73 Å². The average molecular weight is 269 g/mol. The Labute approximate surface area is 117 Å². The van der Waals surface area contributed by atoms with Crippen LogP contribution in [0.2, 0.25) is 0 Å². The topological polar surface area (TPSA) is 29.3 Å². The molecule has 0 aliphatic carbocycles. The Balaban J connectivity index is 0.00000162. The fraction of sp³-hybridized carbons (Fsp3) is 0.600. The van der Waals surface area contributed by atoms with E-state index in [1.165, 1.54) is 31.4 Å². The SMILES string of the molecule is CC(N)C1CCCCN1CCc1ccccc1.Cl. The van der Waals surface area contributed by atoms with E-state index in [4.69, 9.17) is 5.73 Å². The number of piperidine rings is 1. The molecule has 0 saturated carbocycles. The first-order chi connectivity index (χ1) is 8.27. The van der Waals surface area contributed by atoms with Gasteiger partial charge in [-0.15, -0.1) is 12.4 Å². The highest BCUT2D eigenvalue weighted by atomic mass is 35.5. The lowest BCUT2D eigenvalue weighted by Crippen LogP contribution is -2.49. The summed E-state index contributed by atoms with van der Waals surface area (Å²) in [4.78, 5) is 2.58. The van der Waals surface area contributed by atoms with Gasteiger partial charge in [-0.05, 0) is 38.3 Å². The van der Waals surface area contributed by atoms with Crippen molar-refractivity contribution in [3.63, 3.8) is 0 Å². The van der Waals surface area contributed by atoms with Crippen molar-refractivity contribution in [1.82, 2.24) is 4.90 Å². The molecule has 2 rings (SSSR count). The Hall–Kier alpha value is -0.570. The molecule has 18 heavy (non-hydrogen) atoms. The zero-order valence-corrected chi connectivity index (χ0v) is 12.0. The van der Waals surface area contributed by atoms with Gasteiger partial charge in [-0.2, -0.15) is 0 Å². The van der Waals surface area contributed by atoms with Crippen LogP contribution in [-0.4, -0.2) is 30.1 Å². The third kappa shape index (κ3) is 4.27. The largest absolute Gasteiger partial charge is 0.327 e. The smallest absolute Gasteiger partial charge is 0.0244 e. The molecule has 0 spiro atoms. The predicted octanol–water partition coefficient (Wildman–Crippen LogP) is 2.85. The zero-order chi connectivity index (χ0) is 12.1. The molecule has 2 unspecified atom stereocenters. The number of hydrogen-bond acceptors (Lipinski definition) is 2. The number of nitrogens with zero attached hydrogens (tertiary/aromatic N) is 1. The minimum Gasteiger partial charge on any atom is -0.327 e. The van der Waals surface area contributed by atoms with E-state index < -0.39 is 0 Å². The molecule has 2 nitrogen and oxygen atoms in total. The van der Waals surface area contributed by atoms with E-state index in [-0.39, 0.29) is 12.4 Å². The van der Waals surface area contributed by atoms with Gasteiger partial charge < -0.3 is 5.73 Å². The summed E-state index contributed by atoms with van der Waals surface area (Å²) in [6.45, 7) is 4.51. The zero-order valence-electron chi connectivity index (χ0n) is 11.2. The molecule has 1 heterocycles. The fourth-order valence-electron chi connectivity index (χ4n) is 2.81. The van der Waals surface area contributed by atoms with Crippen LogP contribution >= 0.6 is 12.4 Å². The number of nitrogens with two attached hydrogens (primary N) is 1. The first kappa shape index (κ1) is 15.5. The van der Waals surface area contributed by atoms with Gasteiger partial charge in [0.2, 0.25) is 0 Å². The van der Waals surface area contributed by atoms with Crippen molar-refractivity contribution < 1.29 is 0 Å². The highest BCUT2D eigenvalue weighted by Crippen LogP contribution is 2.19. The van der Waals surface area contributed by atoms with Gasteiger partial charge in [0, 0.05) is 18.6 Å². The van der Waals surface area contributed by atoms with E-state index in [9.17, 15) is 0 Å². The van der Waals surface area contributed by atoms with Crippen molar-refractivity contribution in [2.75, 3.05) is 13.1 Å². The Morgan fingerprint density at radius 1 is 1.28 bits per heavy atom. The van der Waals surface area contributed by atoms with Crippen LogP contribution in [0.15, 0.2) is 30.3 Å². The first-order valence-electron chi connectivity index (χ1n) is 6.81. The minimum absolute atomic E-state index is 0. The van der Waals surface area contributed by atoms with Crippen LogP contribution < -0.4 is 5.73 Å². The maximum atomic E-state index is 6.08. The van der Waals surface area contributed by atoms with Gasteiger partial charge >= 0.3 is 0 Å². The van der Waals surface area contributed by atoms with Gasteiger partial charge in [-0.25, -0.2) is 0 Å². The lowest BCUT2D eigenvalue weighted by Gasteiger charge is -2.38. The second-order valence-electron chi connectivity index (χ2n) is 5.19. The molecule has 2 atom stereocenters. The maximum absolute atomic E-state index is 6.08. The van der Waals surface area contributed by atoms with Gasteiger partial charge in [0.15, 0.2) is 0 Å². The van der Waals surface area contributed by atoms with E-state index in [2.05, 4.69) is 42.2 Å². The summed E-state index contributed by atoms with van der Waals surface area (Å²) >= 11 is 0. The molecule has 1 saturated heterocycles. The molecule has 1 aromatic rings. The minimum atomic E-state index is 0. The lowest BCUT2D eigenvalue weighted by atomic mass is 9.96. The van der Waals surface area contributed by atoms with Gasteiger partial charge in [-0.3, -0.25) is 4.90 Å². The molecule has 1 aliphatic rings. The fourth-order valence-corrected chi connectivity index (χ4v) is 2.81. The van der Waals surface area contributed by atoms with Crippen molar-refractivity contribution in [2.45, 2.75) is 44.7 Å². The molecule has 0 bridgehead atoms. The highest BCUT2D eigenvalue weighted by molar-refractivity contribution is 5.85. The van der Waals surface area contributed by atoms with Crippen LogP contribution in [0.25, 0.3) is 0 Å². The van der Waals surface area contributed by atoms with Crippen LogP contribution in [-0.2, 0) is 6.42 Å². The van der Waals surface area contributed by atoms with Crippen molar-refractivity contribution in [3.8, 4) is 0 Å². The number of halogens is 1. The van der Waals surface area contributed by atoms with Crippen LogP contribution in [0.4, 0.5) is 0 Å². The maximum Gasteiger partial charge on any atom is 0.0244 e. The summed E-state index contributed by atoms with van der Waals surface area (Å²) < 4.78 is 0. The molecular weight excluding hydrogens is 244 g/mol. The van der Waals surface area contributed by atoms with Gasteiger partial charge in [0.25, 0.3) is 0 Å². The molecule has 1 aliphatic heterocycles. The molecule has 1 aromatic carbocycles. The standard InChI is InChI=1S/C15H24N2.ClH/c1-13(16)15-9-5-6-11-17(15)12-10-14-7-3-2-4-8-14;/h2-4,7-8,13,15H,5-6,9-12,16H2,1H3;1H. The normalized spacial score (nSPS) is 22.2. The second kappa shape index (κ2) is 7.78. The molecule has 3 heteroatoms. The molecule has 0 aromatic heterocycles. The number of hydrogen-bond donors (Lipinski definition) is 1. The van der Waals surface area contributed by atoms with E-state index >= 15 is 0 Å². The van der Waals surface area contributed by atoms with Gasteiger partial charge in [0.05, 0.1) is 0 Å². The van der Waals surface area contributed by atoms with E-state index in [0.29, 0.717) is 12.1 Å². The molecule has 0 amide bonds. The van der Waals surface area contributed by atoms with Crippen molar-refractivity contribution in [1.29, 1.82) is 0 Å². The predicted molar refractivity (Wildman–Crippen MR) is 80.3 cm³/mol. The Morgan fingerprint density at radius 3 is 2.67 bits per heavy atom. The third-order valence-corrected chi connectivity index (χ3v) is 3.80. The molecule has 0 radical (unpaired) electrons. The summed E-state index contributed by atoms with van der Waals surface area (Å²) in [5, 5.41) is 0. The second-order valence-corrected chi connectivity index (χ2v) is 5.19. The molecule has 102 valence electrons. The van der Waals surface area contributed by atoms with Gasteiger partial charge in [-0.1, -0.05) is 36.8 Å². The van der Waals surface area contributed by atoms with Crippen LogP contribution in [0.3, 0.4) is 0 Å². The number of benzene rings is 1.